The summed E-state index contributed by atoms with van der Waals surface area (Å²) in [5.41, 5.74) is 0.719. The highest BCUT2D eigenvalue weighted by atomic mass is 14.5. The second-order valence-corrected chi connectivity index (χ2v) is 5.77. The van der Waals surface area contributed by atoms with Crippen LogP contribution in [-0.2, 0) is 0 Å². The van der Waals surface area contributed by atoms with Gasteiger partial charge in [0.2, 0.25) is 0 Å². The summed E-state index contributed by atoms with van der Waals surface area (Å²) in [5.74, 6) is 2.89. The smallest absolute Gasteiger partial charge is 0.0294 e. The van der Waals surface area contributed by atoms with Gasteiger partial charge in [-0.1, -0.05) is 53.9 Å². The van der Waals surface area contributed by atoms with E-state index in [0.29, 0.717) is 0 Å². The Morgan fingerprint density at radius 1 is 1.23 bits per heavy atom. The van der Waals surface area contributed by atoms with Crippen LogP contribution in [0, 0.1) is 23.2 Å². The van der Waals surface area contributed by atoms with Gasteiger partial charge < -0.3 is 0 Å². The zero-order chi connectivity index (χ0) is 10.1. The normalized spacial score (nSPS) is 35.1. The molecular weight excluding hydrogens is 156 g/mol. The molecule has 0 N–H and O–H groups in total. The average Bonchev–Trinajstić information content (AvgIpc) is 2.75. The van der Waals surface area contributed by atoms with E-state index in [4.69, 9.17) is 0 Å². The van der Waals surface area contributed by atoms with Crippen LogP contribution in [0.3, 0.4) is 0 Å². The van der Waals surface area contributed by atoms with E-state index < -0.39 is 0 Å². The summed E-state index contributed by atoms with van der Waals surface area (Å²) < 4.78 is 0. The third kappa shape index (κ3) is 2.72. The van der Waals surface area contributed by atoms with Crippen molar-refractivity contribution in [3.8, 4) is 0 Å². The third-order valence-corrected chi connectivity index (χ3v) is 4.12. The average molecular weight is 182 g/mol. The highest BCUT2D eigenvalue weighted by Crippen LogP contribution is 2.59. The molecule has 0 spiro atoms. The van der Waals surface area contributed by atoms with E-state index >= 15 is 0 Å². The fourth-order valence-electron chi connectivity index (χ4n) is 2.54. The Bertz CT molecular complexity index is 159. The van der Waals surface area contributed by atoms with Crippen LogP contribution in [0.4, 0.5) is 0 Å². The van der Waals surface area contributed by atoms with Crippen molar-refractivity contribution in [2.75, 3.05) is 0 Å². The van der Waals surface area contributed by atoms with Crippen molar-refractivity contribution < 1.29 is 0 Å². The summed E-state index contributed by atoms with van der Waals surface area (Å²) in [6.07, 6.45) is 5.72. The van der Waals surface area contributed by atoms with Crippen LogP contribution in [0.1, 0.15) is 60.3 Å². The van der Waals surface area contributed by atoms with Gasteiger partial charge >= 0.3 is 0 Å². The predicted octanol–water partition coefficient (Wildman–Crippen LogP) is 4.49. The molecule has 0 heteroatoms. The van der Waals surface area contributed by atoms with E-state index in [0.717, 1.165) is 23.2 Å². The Morgan fingerprint density at radius 2 is 1.85 bits per heavy atom. The van der Waals surface area contributed by atoms with Crippen molar-refractivity contribution in [3.05, 3.63) is 0 Å². The first-order chi connectivity index (χ1) is 5.99. The van der Waals surface area contributed by atoms with Gasteiger partial charge in [0, 0.05) is 0 Å². The van der Waals surface area contributed by atoms with Crippen molar-refractivity contribution in [1.29, 1.82) is 0 Å². The first-order valence-electron chi connectivity index (χ1n) is 5.99. The lowest BCUT2D eigenvalue weighted by Gasteiger charge is -2.15. The van der Waals surface area contributed by atoms with E-state index in [9.17, 15) is 0 Å². The monoisotopic (exact) mass is 182 g/mol. The summed E-state index contributed by atoms with van der Waals surface area (Å²) in [6.45, 7) is 11.9. The molecule has 13 heavy (non-hydrogen) atoms. The van der Waals surface area contributed by atoms with Crippen molar-refractivity contribution in [1.82, 2.24) is 0 Å². The lowest BCUT2D eigenvalue weighted by molar-refractivity contribution is 0.349. The largest absolute Gasteiger partial charge is 0.0649 e. The van der Waals surface area contributed by atoms with Crippen molar-refractivity contribution in [3.63, 3.8) is 0 Å². The van der Waals surface area contributed by atoms with Crippen LogP contribution in [-0.4, -0.2) is 0 Å². The molecule has 0 saturated heterocycles. The Hall–Kier alpha value is 0. The summed E-state index contributed by atoms with van der Waals surface area (Å²) in [6, 6.07) is 0. The Balaban J connectivity index is 2.23. The molecule has 0 amide bonds. The quantitative estimate of drug-likeness (QED) is 0.587. The van der Waals surface area contributed by atoms with Gasteiger partial charge in [-0.15, -0.1) is 0 Å². The van der Waals surface area contributed by atoms with Gasteiger partial charge in [0.15, 0.2) is 0 Å². The summed E-state index contributed by atoms with van der Waals surface area (Å²) in [7, 11) is 0. The second kappa shape index (κ2) is 4.02. The SMILES string of the molecule is CCC1(C)CC1C(C)CCC(C)C. The molecule has 1 rings (SSSR count). The van der Waals surface area contributed by atoms with Crippen molar-refractivity contribution >= 4 is 0 Å². The molecule has 0 nitrogen and oxygen atoms in total. The van der Waals surface area contributed by atoms with Gasteiger partial charge in [0.25, 0.3) is 0 Å². The third-order valence-electron chi connectivity index (χ3n) is 4.12. The Kier molecular flexibility index (Phi) is 3.43. The molecule has 0 aliphatic heterocycles. The van der Waals surface area contributed by atoms with E-state index in [2.05, 4.69) is 34.6 Å². The van der Waals surface area contributed by atoms with Crippen LogP contribution in [0.2, 0.25) is 0 Å². The summed E-state index contributed by atoms with van der Waals surface area (Å²) >= 11 is 0. The van der Waals surface area contributed by atoms with Gasteiger partial charge in [-0.2, -0.15) is 0 Å². The molecule has 78 valence electrons. The number of hydrogen-bond donors (Lipinski definition) is 0. The maximum absolute atomic E-state index is 2.46. The predicted molar refractivity (Wildman–Crippen MR) is 59.7 cm³/mol. The molecule has 1 aliphatic rings. The van der Waals surface area contributed by atoms with Crippen LogP contribution in [0.5, 0.6) is 0 Å². The molecule has 0 aromatic heterocycles. The lowest BCUT2D eigenvalue weighted by atomic mass is 9.90. The zero-order valence-corrected chi connectivity index (χ0v) is 10.1. The van der Waals surface area contributed by atoms with E-state index in [1.54, 1.807) is 0 Å². The highest BCUT2D eigenvalue weighted by molar-refractivity contribution is 4.99. The van der Waals surface area contributed by atoms with Gasteiger partial charge in [-0.05, 0) is 29.6 Å². The van der Waals surface area contributed by atoms with E-state index in [1.165, 1.54) is 25.7 Å². The van der Waals surface area contributed by atoms with Crippen LogP contribution in [0.15, 0.2) is 0 Å². The summed E-state index contributed by atoms with van der Waals surface area (Å²) in [4.78, 5) is 0. The molecule has 0 heterocycles. The fourth-order valence-corrected chi connectivity index (χ4v) is 2.54. The minimum absolute atomic E-state index is 0.719. The maximum atomic E-state index is 2.46. The molecule has 1 fully saturated rings. The topological polar surface area (TPSA) is 0 Å². The maximum Gasteiger partial charge on any atom is -0.0294 e. The van der Waals surface area contributed by atoms with Gasteiger partial charge in [-0.3, -0.25) is 0 Å². The first-order valence-corrected chi connectivity index (χ1v) is 5.99. The minimum atomic E-state index is 0.719. The molecule has 0 aromatic carbocycles. The Labute approximate surface area is 84.1 Å². The van der Waals surface area contributed by atoms with Gasteiger partial charge in [0.1, 0.15) is 0 Å². The van der Waals surface area contributed by atoms with Crippen molar-refractivity contribution in [2.45, 2.75) is 60.3 Å². The zero-order valence-electron chi connectivity index (χ0n) is 10.1. The van der Waals surface area contributed by atoms with E-state index in [-0.39, 0.29) is 0 Å². The van der Waals surface area contributed by atoms with Crippen molar-refractivity contribution in [2.24, 2.45) is 23.2 Å². The van der Waals surface area contributed by atoms with Crippen LogP contribution >= 0.6 is 0 Å². The van der Waals surface area contributed by atoms with E-state index in [1.807, 2.05) is 0 Å². The Morgan fingerprint density at radius 3 is 2.23 bits per heavy atom. The van der Waals surface area contributed by atoms with Crippen LogP contribution in [0.25, 0.3) is 0 Å². The molecule has 3 atom stereocenters. The van der Waals surface area contributed by atoms with Gasteiger partial charge in [0.05, 0.1) is 0 Å². The highest BCUT2D eigenvalue weighted by Gasteiger charge is 2.50. The van der Waals surface area contributed by atoms with Gasteiger partial charge in [-0.25, -0.2) is 0 Å². The standard InChI is InChI=1S/C13H26/c1-6-13(5)9-12(13)11(4)8-7-10(2)3/h10-12H,6-9H2,1-5H3. The molecular formula is C13H26. The molecule has 0 aromatic rings. The molecule has 1 saturated carbocycles. The second-order valence-electron chi connectivity index (χ2n) is 5.77. The first kappa shape index (κ1) is 11.1. The molecule has 1 aliphatic carbocycles. The molecule has 0 radical (unpaired) electrons. The lowest BCUT2D eigenvalue weighted by Crippen LogP contribution is -2.06. The number of rotatable bonds is 5. The molecule has 3 unspecified atom stereocenters. The fraction of sp³-hybridized carbons (Fsp3) is 1.00. The van der Waals surface area contributed by atoms with Crippen LogP contribution < -0.4 is 0 Å². The number of hydrogen-bond acceptors (Lipinski definition) is 0. The minimum Gasteiger partial charge on any atom is -0.0649 e. The summed E-state index contributed by atoms with van der Waals surface area (Å²) in [5, 5.41) is 0. The molecule has 0 bridgehead atoms.